The Balaban J connectivity index is 1.88. The van der Waals surface area contributed by atoms with E-state index in [1.54, 1.807) is 6.33 Å². The lowest BCUT2D eigenvalue weighted by atomic mass is 9.89. The highest BCUT2D eigenvalue weighted by atomic mass is 15.4. The maximum atomic E-state index is 4.45. The van der Waals surface area contributed by atoms with Crippen LogP contribution in [0.25, 0.3) is 5.78 Å². The van der Waals surface area contributed by atoms with Gasteiger partial charge in [-0.1, -0.05) is 26.2 Å². The Hall–Kier alpha value is -1.65. The average Bonchev–Trinajstić information content (AvgIpc) is 2.95. The molecule has 2 aromatic rings. The van der Waals surface area contributed by atoms with Crippen LogP contribution in [0, 0.1) is 12.8 Å². The Kier molecular flexibility index (Phi) is 4.36. The highest BCUT2D eigenvalue weighted by Crippen LogP contribution is 2.26. The molecule has 1 aliphatic rings. The van der Waals surface area contributed by atoms with Gasteiger partial charge in [-0.2, -0.15) is 14.6 Å². The summed E-state index contributed by atoms with van der Waals surface area (Å²) in [4.78, 5) is 11.2. The van der Waals surface area contributed by atoms with Gasteiger partial charge in [0.15, 0.2) is 0 Å². The lowest BCUT2D eigenvalue weighted by Gasteiger charge is -2.31. The van der Waals surface area contributed by atoms with E-state index < -0.39 is 0 Å². The number of fused-ring (bicyclic) bond motifs is 1. The zero-order valence-electron chi connectivity index (χ0n) is 13.1. The summed E-state index contributed by atoms with van der Waals surface area (Å²) < 4.78 is 1.88. The molecule has 0 spiro atoms. The zero-order valence-corrected chi connectivity index (χ0v) is 13.1. The molecular weight excluding hydrogens is 262 g/mol. The van der Waals surface area contributed by atoms with Gasteiger partial charge < -0.3 is 4.90 Å². The van der Waals surface area contributed by atoms with Crippen LogP contribution in [0.1, 0.15) is 51.1 Å². The monoisotopic (exact) mass is 287 g/mol. The summed E-state index contributed by atoms with van der Waals surface area (Å²) in [6.45, 7) is 6.46. The van der Waals surface area contributed by atoms with Crippen molar-refractivity contribution >= 4 is 11.6 Å². The quantitative estimate of drug-likeness (QED) is 0.847. The number of aryl methyl sites for hydroxylation is 1. The van der Waals surface area contributed by atoms with Crippen LogP contribution in [-0.2, 0) is 0 Å². The minimum Gasteiger partial charge on any atom is -0.356 e. The first kappa shape index (κ1) is 14.3. The molecule has 1 aliphatic carbocycles. The summed E-state index contributed by atoms with van der Waals surface area (Å²) in [7, 11) is 0. The normalized spacial score (nSPS) is 16.5. The van der Waals surface area contributed by atoms with Crippen LogP contribution in [-0.4, -0.2) is 32.7 Å². The maximum absolute atomic E-state index is 4.45. The highest BCUT2D eigenvalue weighted by Gasteiger charge is 2.19. The third-order valence-corrected chi connectivity index (χ3v) is 4.38. The summed E-state index contributed by atoms with van der Waals surface area (Å²) in [5.74, 6) is 2.66. The van der Waals surface area contributed by atoms with Crippen molar-refractivity contribution in [3.05, 3.63) is 18.1 Å². The van der Waals surface area contributed by atoms with Gasteiger partial charge >= 0.3 is 0 Å². The van der Waals surface area contributed by atoms with Crippen molar-refractivity contribution in [2.45, 2.75) is 52.4 Å². The summed E-state index contributed by atoms with van der Waals surface area (Å²) in [6, 6.07) is 2.14. The van der Waals surface area contributed by atoms with Gasteiger partial charge in [0.25, 0.3) is 5.78 Å². The summed E-state index contributed by atoms with van der Waals surface area (Å²) in [5, 5.41) is 4.36. The van der Waals surface area contributed by atoms with E-state index in [1.165, 1.54) is 32.1 Å². The van der Waals surface area contributed by atoms with E-state index in [0.717, 1.165) is 36.9 Å². The Labute approximate surface area is 126 Å². The molecule has 2 heterocycles. The van der Waals surface area contributed by atoms with E-state index in [-0.39, 0.29) is 0 Å². The predicted molar refractivity (Wildman–Crippen MR) is 84.6 cm³/mol. The minimum absolute atomic E-state index is 0.703. The van der Waals surface area contributed by atoms with Crippen LogP contribution in [0.5, 0.6) is 0 Å². The first-order chi connectivity index (χ1) is 10.3. The molecule has 2 aromatic heterocycles. The highest BCUT2D eigenvalue weighted by molar-refractivity contribution is 5.47. The van der Waals surface area contributed by atoms with Gasteiger partial charge in [0.2, 0.25) is 0 Å². The van der Waals surface area contributed by atoms with Crippen molar-refractivity contribution in [3.8, 4) is 0 Å². The second-order valence-electron chi connectivity index (χ2n) is 6.18. The second-order valence-corrected chi connectivity index (χ2v) is 6.18. The van der Waals surface area contributed by atoms with Crippen LogP contribution in [0.4, 0.5) is 5.82 Å². The van der Waals surface area contributed by atoms with Crippen molar-refractivity contribution < 1.29 is 0 Å². The van der Waals surface area contributed by atoms with Crippen molar-refractivity contribution in [2.24, 2.45) is 5.92 Å². The molecule has 0 amide bonds. The topological polar surface area (TPSA) is 46.3 Å². The number of hydrogen-bond acceptors (Lipinski definition) is 4. The van der Waals surface area contributed by atoms with Gasteiger partial charge in [0, 0.05) is 24.8 Å². The van der Waals surface area contributed by atoms with E-state index >= 15 is 0 Å². The molecule has 21 heavy (non-hydrogen) atoms. The van der Waals surface area contributed by atoms with Gasteiger partial charge in [-0.25, -0.2) is 4.98 Å². The molecule has 0 saturated heterocycles. The lowest BCUT2D eigenvalue weighted by molar-refractivity contribution is 0.357. The molecule has 1 fully saturated rings. The summed E-state index contributed by atoms with van der Waals surface area (Å²) in [6.07, 6.45) is 9.65. The minimum atomic E-state index is 0.703. The van der Waals surface area contributed by atoms with E-state index in [1.807, 2.05) is 11.4 Å². The van der Waals surface area contributed by atoms with Crippen LogP contribution in [0.2, 0.25) is 0 Å². The molecule has 0 aliphatic heterocycles. The van der Waals surface area contributed by atoms with E-state index in [2.05, 4.69) is 33.0 Å². The van der Waals surface area contributed by atoms with Gasteiger partial charge in [-0.15, -0.1) is 0 Å². The Morgan fingerprint density at radius 1 is 1.29 bits per heavy atom. The second kappa shape index (κ2) is 6.41. The Morgan fingerprint density at radius 3 is 2.86 bits per heavy atom. The molecule has 5 nitrogen and oxygen atoms in total. The van der Waals surface area contributed by atoms with Crippen molar-refractivity contribution in [3.63, 3.8) is 0 Å². The van der Waals surface area contributed by atoms with Crippen molar-refractivity contribution in [2.75, 3.05) is 18.0 Å². The van der Waals surface area contributed by atoms with Crippen LogP contribution in [0.15, 0.2) is 12.4 Å². The Morgan fingerprint density at radius 2 is 2.10 bits per heavy atom. The maximum Gasteiger partial charge on any atom is 0.254 e. The molecule has 0 bridgehead atoms. The lowest BCUT2D eigenvalue weighted by Crippen LogP contribution is -2.33. The number of nitrogens with zero attached hydrogens (tertiary/aromatic N) is 5. The first-order valence-electron chi connectivity index (χ1n) is 8.20. The molecule has 114 valence electrons. The number of aromatic nitrogens is 4. The number of rotatable bonds is 5. The van der Waals surface area contributed by atoms with Gasteiger partial charge in [-0.3, -0.25) is 0 Å². The fourth-order valence-corrected chi connectivity index (χ4v) is 3.39. The van der Waals surface area contributed by atoms with E-state index in [0.29, 0.717) is 5.78 Å². The molecule has 1 saturated carbocycles. The third kappa shape index (κ3) is 3.17. The van der Waals surface area contributed by atoms with E-state index in [4.69, 9.17) is 0 Å². The third-order valence-electron chi connectivity index (χ3n) is 4.38. The Bertz CT molecular complexity index is 585. The predicted octanol–water partition coefficient (Wildman–Crippen LogP) is 3.23. The largest absolute Gasteiger partial charge is 0.356 e. The molecule has 0 radical (unpaired) electrons. The standard InChI is InChI=1S/C16H25N5/c1-3-9-20(11-14-7-5-4-6-8-14)15-10-13(2)19-16-17-12-18-21(15)16/h10,12,14H,3-9,11H2,1-2H3. The van der Waals surface area contributed by atoms with Gasteiger partial charge in [0.1, 0.15) is 12.1 Å². The molecule has 5 heteroatoms. The van der Waals surface area contributed by atoms with Crippen LogP contribution >= 0.6 is 0 Å². The number of anilines is 1. The average molecular weight is 287 g/mol. The first-order valence-corrected chi connectivity index (χ1v) is 8.20. The SMILES string of the molecule is CCCN(CC1CCCCC1)c1cc(C)nc2ncnn12. The molecular formula is C16H25N5. The molecule has 0 unspecified atom stereocenters. The van der Waals surface area contributed by atoms with Crippen molar-refractivity contribution in [1.82, 2.24) is 19.6 Å². The summed E-state index contributed by atoms with van der Waals surface area (Å²) in [5.41, 5.74) is 1.01. The molecule has 0 aromatic carbocycles. The molecule has 0 N–H and O–H groups in total. The zero-order chi connectivity index (χ0) is 14.7. The van der Waals surface area contributed by atoms with Gasteiger partial charge in [-0.05, 0) is 32.1 Å². The fraction of sp³-hybridized carbons (Fsp3) is 0.688. The number of hydrogen-bond donors (Lipinski definition) is 0. The smallest absolute Gasteiger partial charge is 0.254 e. The molecule has 3 rings (SSSR count). The van der Waals surface area contributed by atoms with Gasteiger partial charge in [0.05, 0.1) is 0 Å². The fourth-order valence-electron chi connectivity index (χ4n) is 3.39. The van der Waals surface area contributed by atoms with E-state index in [9.17, 15) is 0 Å². The van der Waals surface area contributed by atoms with Crippen molar-refractivity contribution in [1.29, 1.82) is 0 Å². The van der Waals surface area contributed by atoms with Crippen LogP contribution < -0.4 is 4.90 Å². The molecule has 0 atom stereocenters. The summed E-state index contributed by atoms with van der Waals surface area (Å²) >= 11 is 0. The van der Waals surface area contributed by atoms with Crippen LogP contribution in [0.3, 0.4) is 0 Å².